The first kappa shape index (κ1) is 26.6. The quantitative estimate of drug-likeness (QED) is 0.305. The summed E-state index contributed by atoms with van der Waals surface area (Å²) in [6, 6.07) is 13.3. The smallest absolute Gasteiger partial charge is 0.407 e. The molecule has 2 aliphatic rings. The normalized spacial score (nSPS) is 17.8. The highest BCUT2D eigenvalue weighted by Crippen LogP contribution is 2.42. The van der Waals surface area contributed by atoms with E-state index in [1.807, 2.05) is 30.3 Å². The minimum absolute atomic E-state index is 0.0154. The molecule has 4 heterocycles. The van der Waals surface area contributed by atoms with E-state index in [4.69, 9.17) is 14.5 Å². The number of aromatic nitrogens is 2. The number of nitrogens with one attached hydrogen (secondary N) is 1. The number of cyclic esters (lactones) is 1. The van der Waals surface area contributed by atoms with E-state index in [0.717, 1.165) is 5.56 Å². The van der Waals surface area contributed by atoms with Gasteiger partial charge in [-0.25, -0.2) is 19.0 Å². The van der Waals surface area contributed by atoms with Crippen LogP contribution in [0.15, 0.2) is 53.3 Å². The van der Waals surface area contributed by atoms with Gasteiger partial charge in [0.25, 0.3) is 5.56 Å². The third-order valence-corrected chi connectivity index (χ3v) is 7.99. The van der Waals surface area contributed by atoms with E-state index in [1.54, 1.807) is 32.9 Å². The van der Waals surface area contributed by atoms with E-state index < -0.39 is 35.1 Å². The molecule has 210 valence electrons. The molecule has 2 aromatic heterocycles. The predicted molar refractivity (Wildman–Crippen MR) is 147 cm³/mol. The second-order valence-electron chi connectivity index (χ2n) is 10.5. The van der Waals surface area contributed by atoms with Crippen molar-refractivity contribution < 1.29 is 28.6 Å². The summed E-state index contributed by atoms with van der Waals surface area (Å²) in [5.41, 5.74) is 1.76. The molecular formula is C31H28FN3O6. The standard InChI is InChI=1S/C31H28FN3O6/c1-4-31(39)22-11-25-27-20(13-35(25)28(36)21(22)15-40-29(31)37)26(19-10-16(2)23(32)12-24(19)34-27)17(3)33-30(38)41-14-18-8-6-5-7-9-18/h5-12,17,39H,4,13-15H2,1-3H3,(H,33,38)/t17-,31+/m1/s1. The Hall–Kier alpha value is -4.57. The van der Waals surface area contributed by atoms with Crippen LogP contribution in [0.2, 0.25) is 0 Å². The van der Waals surface area contributed by atoms with E-state index in [2.05, 4.69) is 5.32 Å². The number of amides is 1. The lowest BCUT2D eigenvalue weighted by atomic mass is 9.86. The van der Waals surface area contributed by atoms with Crippen molar-refractivity contribution in [1.29, 1.82) is 0 Å². The number of nitrogens with zero attached hydrogens (tertiary/aromatic N) is 2. The molecule has 2 N–H and O–H groups in total. The number of fused-ring (bicyclic) bond motifs is 5. The van der Waals surface area contributed by atoms with Crippen molar-refractivity contribution in [3.63, 3.8) is 0 Å². The molecule has 10 heteroatoms. The van der Waals surface area contributed by atoms with Crippen LogP contribution >= 0.6 is 0 Å². The van der Waals surface area contributed by atoms with Crippen LogP contribution in [0.1, 0.15) is 59.7 Å². The number of hydrogen-bond acceptors (Lipinski definition) is 7. The van der Waals surface area contributed by atoms with Crippen LogP contribution in [0.3, 0.4) is 0 Å². The van der Waals surface area contributed by atoms with E-state index in [1.165, 1.54) is 10.6 Å². The molecule has 0 unspecified atom stereocenters. The van der Waals surface area contributed by atoms with Gasteiger partial charge in [-0.1, -0.05) is 37.3 Å². The Morgan fingerprint density at radius 3 is 2.71 bits per heavy atom. The number of benzene rings is 2. The first-order chi connectivity index (χ1) is 19.6. The van der Waals surface area contributed by atoms with Gasteiger partial charge in [0.15, 0.2) is 5.60 Å². The molecule has 0 spiro atoms. The zero-order chi connectivity index (χ0) is 29.1. The van der Waals surface area contributed by atoms with Gasteiger partial charge in [0, 0.05) is 22.6 Å². The molecule has 2 aromatic carbocycles. The second-order valence-corrected chi connectivity index (χ2v) is 10.5. The van der Waals surface area contributed by atoms with Crippen molar-refractivity contribution in [2.24, 2.45) is 0 Å². The molecule has 0 saturated heterocycles. The first-order valence-corrected chi connectivity index (χ1v) is 13.4. The Bertz CT molecular complexity index is 1800. The van der Waals surface area contributed by atoms with Crippen molar-refractivity contribution in [1.82, 2.24) is 14.9 Å². The third-order valence-electron chi connectivity index (χ3n) is 7.99. The minimum atomic E-state index is -1.97. The molecule has 0 saturated carbocycles. The molecule has 6 rings (SSSR count). The van der Waals surface area contributed by atoms with Crippen LogP contribution < -0.4 is 10.9 Å². The molecule has 4 aromatic rings. The van der Waals surface area contributed by atoms with Gasteiger partial charge in [0.05, 0.1) is 35.1 Å². The van der Waals surface area contributed by atoms with Gasteiger partial charge in [-0.2, -0.15) is 0 Å². The molecule has 0 bridgehead atoms. The van der Waals surface area contributed by atoms with Gasteiger partial charge in [0.2, 0.25) is 0 Å². The van der Waals surface area contributed by atoms with Gasteiger partial charge in [0.1, 0.15) is 19.0 Å². The van der Waals surface area contributed by atoms with E-state index >= 15 is 0 Å². The molecule has 0 fully saturated rings. The highest BCUT2D eigenvalue weighted by Gasteiger charge is 2.45. The van der Waals surface area contributed by atoms with Crippen LogP contribution in [0.25, 0.3) is 22.3 Å². The summed E-state index contributed by atoms with van der Waals surface area (Å²) in [6.45, 7) is 5.05. The number of rotatable bonds is 5. The summed E-state index contributed by atoms with van der Waals surface area (Å²) in [7, 11) is 0. The van der Waals surface area contributed by atoms with Gasteiger partial charge in [-0.15, -0.1) is 0 Å². The molecule has 2 atom stereocenters. The fourth-order valence-corrected chi connectivity index (χ4v) is 5.75. The summed E-state index contributed by atoms with van der Waals surface area (Å²) in [6.07, 6.45) is -0.618. The third kappa shape index (κ3) is 4.26. The van der Waals surface area contributed by atoms with Crippen LogP contribution in [0.5, 0.6) is 0 Å². The maximum Gasteiger partial charge on any atom is 0.407 e. The number of alkyl carbamates (subject to hydrolysis) is 1. The lowest BCUT2D eigenvalue weighted by Crippen LogP contribution is -2.44. The number of aryl methyl sites for hydroxylation is 1. The Morgan fingerprint density at radius 2 is 1.98 bits per heavy atom. The van der Waals surface area contributed by atoms with Crippen LogP contribution in [0.4, 0.5) is 9.18 Å². The van der Waals surface area contributed by atoms with Crippen molar-refractivity contribution in [3.05, 3.63) is 98.1 Å². The Labute approximate surface area is 234 Å². The molecular weight excluding hydrogens is 529 g/mol. The first-order valence-electron chi connectivity index (χ1n) is 13.4. The molecule has 2 aliphatic heterocycles. The molecule has 0 radical (unpaired) electrons. The fraction of sp³-hybridized carbons (Fsp3) is 0.290. The maximum atomic E-state index is 14.7. The van der Waals surface area contributed by atoms with E-state index in [0.29, 0.717) is 39.0 Å². The monoisotopic (exact) mass is 557 g/mol. The average Bonchev–Trinajstić information content (AvgIpc) is 3.32. The number of carbonyl (C=O) groups excluding carboxylic acids is 2. The largest absolute Gasteiger partial charge is 0.458 e. The summed E-state index contributed by atoms with van der Waals surface area (Å²) >= 11 is 0. The molecule has 9 nitrogen and oxygen atoms in total. The Morgan fingerprint density at radius 1 is 1.22 bits per heavy atom. The number of hydrogen-bond donors (Lipinski definition) is 2. The molecule has 0 aliphatic carbocycles. The van der Waals surface area contributed by atoms with Gasteiger partial charge in [-0.3, -0.25) is 4.79 Å². The fourth-order valence-electron chi connectivity index (χ4n) is 5.75. The molecule has 1 amide bonds. The van der Waals surface area contributed by atoms with Crippen molar-refractivity contribution in [3.8, 4) is 11.4 Å². The van der Waals surface area contributed by atoms with E-state index in [-0.39, 0.29) is 37.3 Å². The maximum absolute atomic E-state index is 14.7. The number of halogens is 1. The predicted octanol–water partition coefficient (Wildman–Crippen LogP) is 4.51. The molecule has 41 heavy (non-hydrogen) atoms. The number of esters is 1. The highest BCUT2D eigenvalue weighted by molar-refractivity contribution is 5.90. The minimum Gasteiger partial charge on any atom is -0.458 e. The van der Waals surface area contributed by atoms with Gasteiger partial charge < -0.3 is 24.5 Å². The average molecular weight is 558 g/mol. The number of ether oxygens (including phenoxy) is 2. The SMILES string of the molecule is CC[C@@]1(O)C(=O)OCc2c1cc1n(c2=O)Cc2c-1nc1cc(F)c(C)cc1c2[C@@H](C)NC(=O)OCc1ccccc1. The number of pyridine rings is 2. The Kier molecular flexibility index (Phi) is 6.37. The van der Waals surface area contributed by atoms with Crippen molar-refractivity contribution >= 4 is 23.0 Å². The van der Waals surface area contributed by atoms with E-state index in [9.17, 15) is 23.9 Å². The van der Waals surface area contributed by atoms with Gasteiger partial charge >= 0.3 is 12.1 Å². The number of aliphatic hydroxyl groups is 1. The zero-order valence-electron chi connectivity index (χ0n) is 22.8. The second kappa shape index (κ2) is 9.81. The van der Waals surface area contributed by atoms with Crippen LogP contribution in [-0.2, 0) is 39.6 Å². The lowest BCUT2D eigenvalue weighted by molar-refractivity contribution is -0.172. The lowest BCUT2D eigenvalue weighted by Gasteiger charge is -2.31. The van der Waals surface area contributed by atoms with Crippen molar-refractivity contribution in [2.75, 3.05) is 0 Å². The van der Waals surface area contributed by atoms with Gasteiger partial charge in [-0.05, 0) is 49.1 Å². The van der Waals surface area contributed by atoms with Crippen LogP contribution in [0, 0.1) is 12.7 Å². The topological polar surface area (TPSA) is 120 Å². The zero-order valence-corrected chi connectivity index (χ0v) is 22.8. The number of carbonyl (C=O) groups is 2. The summed E-state index contributed by atoms with van der Waals surface area (Å²) in [5, 5.41) is 14.7. The summed E-state index contributed by atoms with van der Waals surface area (Å²) in [5.74, 6) is -1.26. The summed E-state index contributed by atoms with van der Waals surface area (Å²) < 4.78 is 26.8. The van der Waals surface area contributed by atoms with Crippen molar-refractivity contribution in [2.45, 2.75) is 58.6 Å². The summed E-state index contributed by atoms with van der Waals surface area (Å²) in [4.78, 5) is 43.7. The Balaban J connectivity index is 1.46. The highest BCUT2D eigenvalue weighted by atomic mass is 19.1. The van der Waals surface area contributed by atoms with Crippen LogP contribution in [-0.4, -0.2) is 26.7 Å².